The number of carbonyl (C=O) groups excluding carboxylic acids is 1. The van der Waals surface area contributed by atoms with Crippen LogP contribution >= 0.6 is 0 Å². The Balaban J connectivity index is 1.51. The molecule has 0 amide bonds. The molecule has 1 spiro atoms. The van der Waals surface area contributed by atoms with Crippen molar-refractivity contribution < 1.29 is 19.0 Å². The Labute approximate surface area is 243 Å². The number of aryl methyl sites for hydroxylation is 2. The largest absolute Gasteiger partial charge is 0.441 e. The van der Waals surface area contributed by atoms with Crippen molar-refractivity contribution in [3.63, 3.8) is 0 Å². The maximum Gasteiger partial charge on any atom is 0.340 e. The van der Waals surface area contributed by atoms with Gasteiger partial charge in [0.15, 0.2) is 5.60 Å². The van der Waals surface area contributed by atoms with Crippen LogP contribution in [-0.4, -0.2) is 59.6 Å². The Morgan fingerprint density at radius 2 is 1.29 bits per heavy atom. The number of esters is 1. The Kier molecular flexibility index (Phi) is 6.40. The van der Waals surface area contributed by atoms with Crippen molar-refractivity contribution in [1.82, 2.24) is 0 Å². The maximum absolute atomic E-state index is 13.6. The molecule has 0 saturated carbocycles. The standard InChI is InChI=1S/C35H40N2O4/c1-34(2)27-21-31-23(9-7-13-36(31)15-17-39-3)19-29(27)35(26-12-6-5-11-25(26)33(38)41-35)30-20-24-10-8-14-37(16-18-40-4)32(24)22-28(30)34/h5-6,11-12,19-22H,7-10,13-18H2,1-4H3. The van der Waals surface area contributed by atoms with E-state index in [1.807, 2.05) is 18.2 Å². The van der Waals surface area contributed by atoms with Gasteiger partial charge in [-0.05, 0) is 78.3 Å². The lowest BCUT2D eigenvalue weighted by molar-refractivity contribution is 0.0231. The fourth-order valence-electron chi connectivity index (χ4n) is 7.81. The van der Waals surface area contributed by atoms with Crippen molar-refractivity contribution in [2.45, 2.75) is 50.5 Å². The zero-order valence-electron chi connectivity index (χ0n) is 24.7. The molecule has 0 atom stereocenters. The smallest absolute Gasteiger partial charge is 0.340 e. The summed E-state index contributed by atoms with van der Waals surface area (Å²) in [5, 5.41) is 0. The average Bonchev–Trinajstić information content (AvgIpc) is 3.29. The summed E-state index contributed by atoms with van der Waals surface area (Å²) in [6, 6.07) is 17.5. The van der Waals surface area contributed by atoms with Crippen molar-refractivity contribution in [3.05, 3.63) is 93.0 Å². The number of hydrogen-bond acceptors (Lipinski definition) is 6. The molecule has 3 aliphatic heterocycles. The topological polar surface area (TPSA) is 51.2 Å². The maximum atomic E-state index is 13.6. The molecule has 0 aromatic heterocycles. The summed E-state index contributed by atoms with van der Waals surface area (Å²) < 4.78 is 17.6. The predicted octanol–water partition coefficient (Wildman–Crippen LogP) is 5.59. The van der Waals surface area contributed by atoms with Gasteiger partial charge < -0.3 is 24.0 Å². The molecule has 0 bridgehead atoms. The van der Waals surface area contributed by atoms with Crippen LogP contribution in [0, 0.1) is 0 Å². The number of fused-ring (bicyclic) bond motifs is 8. The van der Waals surface area contributed by atoms with Gasteiger partial charge in [-0.2, -0.15) is 0 Å². The Bertz CT molecular complexity index is 1450. The SMILES string of the molecule is COCCN1CCCc2cc3c(cc21)C(C)(C)c1cc2c(cc1C31OC(=O)c3ccccc31)CCCN2CCOC. The molecule has 4 aliphatic rings. The molecule has 0 unspecified atom stereocenters. The lowest BCUT2D eigenvalue weighted by atomic mass is 9.60. The lowest BCUT2D eigenvalue weighted by Crippen LogP contribution is -2.43. The minimum atomic E-state index is -0.957. The van der Waals surface area contributed by atoms with Gasteiger partial charge in [-0.15, -0.1) is 0 Å². The molecule has 3 aromatic rings. The molecule has 214 valence electrons. The number of hydrogen-bond donors (Lipinski definition) is 0. The minimum Gasteiger partial charge on any atom is -0.441 e. The zero-order valence-corrected chi connectivity index (χ0v) is 24.7. The van der Waals surface area contributed by atoms with Crippen LogP contribution in [0.15, 0.2) is 48.5 Å². The number of benzene rings is 3. The summed E-state index contributed by atoms with van der Waals surface area (Å²) in [7, 11) is 3.54. The first kappa shape index (κ1) is 26.5. The highest BCUT2D eigenvalue weighted by atomic mass is 16.6. The van der Waals surface area contributed by atoms with E-state index in [4.69, 9.17) is 14.2 Å². The van der Waals surface area contributed by atoms with Gasteiger partial charge in [0.2, 0.25) is 0 Å². The van der Waals surface area contributed by atoms with E-state index >= 15 is 0 Å². The third-order valence-electron chi connectivity index (χ3n) is 9.88. The van der Waals surface area contributed by atoms with Crippen LogP contribution in [0.1, 0.15) is 76.0 Å². The van der Waals surface area contributed by atoms with E-state index in [1.165, 1.54) is 33.6 Å². The molecule has 0 N–H and O–H groups in total. The molecule has 0 radical (unpaired) electrons. The third-order valence-corrected chi connectivity index (χ3v) is 9.88. The van der Waals surface area contributed by atoms with Crippen LogP contribution in [0.2, 0.25) is 0 Å². The molecule has 6 heteroatoms. The van der Waals surface area contributed by atoms with Gasteiger partial charge in [-0.1, -0.05) is 32.0 Å². The minimum absolute atomic E-state index is 0.240. The second kappa shape index (κ2) is 9.88. The second-order valence-electron chi connectivity index (χ2n) is 12.5. The molecule has 7 rings (SSSR count). The van der Waals surface area contributed by atoms with Gasteiger partial charge in [0.25, 0.3) is 0 Å². The van der Waals surface area contributed by atoms with Gasteiger partial charge in [-0.3, -0.25) is 0 Å². The normalized spacial score (nSPS) is 19.3. The summed E-state index contributed by atoms with van der Waals surface area (Å²) in [5.41, 5.74) is 10.3. The predicted molar refractivity (Wildman–Crippen MR) is 162 cm³/mol. The van der Waals surface area contributed by atoms with Crippen LogP contribution < -0.4 is 9.80 Å². The van der Waals surface area contributed by atoms with Crippen molar-refractivity contribution in [2.24, 2.45) is 0 Å². The van der Waals surface area contributed by atoms with Gasteiger partial charge in [0, 0.05) is 73.9 Å². The molecule has 41 heavy (non-hydrogen) atoms. The van der Waals surface area contributed by atoms with E-state index in [0.29, 0.717) is 18.8 Å². The zero-order chi connectivity index (χ0) is 28.4. The number of ether oxygens (including phenoxy) is 3. The van der Waals surface area contributed by atoms with Crippen LogP contribution in [0.25, 0.3) is 0 Å². The highest BCUT2D eigenvalue weighted by Crippen LogP contribution is 2.58. The first-order valence-electron chi connectivity index (χ1n) is 15.1. The van der Waals surface area contributed by atoms with Crippen molar-refractivity contribution in [1.29, 1.82) is 0 Å². The fraction of sp³-hybridized carbons (Fsp3) is 0.457. The van der Waals surface area contributed by atoms with Gasteiger partial charge in [-0.25, -0.2) is 4.79 Å². The summed E-state index contributed by atoms with van der Waals surface area (Å²) in [4.78, 5) is 18.5. The Morgan fingerprint density at radius 1 is 0.756 bits per heavy atom. The number of rotatable bonds is 6. The highest BCUT2D eigenvalue weighted by Gasteiger charge is 2.56. The van der Waals surface area contributed by atoms with E-state index in [9.17, 15) is 4.79 Å². The van der Waals surface area contributed by atoms with Crippen LogP contribution in [0.3, 0.4) is 0 Å². The van der Waals surface area contributed by atoms with E-state index in [-0.39, 0.29) is 11.4 Å². The monoisotopic (exact) mass is 552 g/mol. The lowest BCUT2D eigenvalue weighted by Gasteiger charge is -2.47. The number of nitrogens with zero attached hydrogens (tertiary/aromatic N) is 2. The van der Waals surface area contributed by atoms with Gasteiger partial charge in [0.05, 0.1) is 18.8 Å². The third kappa shape index (κ3) is 3.87. The Morgan fingerprint density at radius 3 is 1.83 bits per heavy atom. The van der Waals surface area contributed by atoms with Crippen LogP contribution in [0.5, 0.6) is 0 Å². The highest BCUT2D eigenvalue weighted by molar-refractivity contribution is 5.97. The van der Waals surface area contributed by atoms with Crippen molar-refractivity contribution in [2.75, 3.05) is 63.4 Å². The quantitative estimate of drug-likeness (QED) is 0.372. The van der Waals surface area contributed by atoms with E-state index in [2.05, 4.69) is 54.0 Å². The molecule has 0 fully saturated rings. The first-order chi connectivity index (χ1) is 19.9. The molecule has 1 aliphatic carbocycles. The van der Waals surface area contributed by atoms with Crippen molar-refractivity contribution in [3.8, 4) is 0 Å². The fourth-order valence-corrected chi connectivity index (χ4v) is 7.81. The van der Waals surface area contributed by atoms with E-state index in [1.54, 1.807) is 14.2 Å². The summed E-state index contributed by atoms with van der Waals surface area (Å²) in [6.07, 6.45) is 4.24. The Hall–Kier alpha value is -3.35. The molecule has 0 saturated heterocycles. The number of anilines is 2. The van der Waals surface area contributed by atoms with Crippen LogP contribution in [-0.2, 0) is 38.1 Å². The van der Waals surface area contributed by atoms with E-state index in [0.717, 1.165) is 68.6 Å². The van der Waals surface area contributed by atoms with Gasteiger partial charge in [0.1, 0.15) is 0 Å². The second-order valence-corrected chi connectivity index (χ2v) is 12.5. The first-order valence-corrected chi connectivity index (χ1v) is 15.1. The number of methoxy groups -OCH3 is 2. The molecular weight excluding hydrogens is 512 g/mol. The van der Waals surface area contributed by atoms with E-state index < -0.39 is 5.60 Å². The molecular formula is C35H40N2O4. The number of carbonyl (C=O) groups is 1. The average molecular weight is 553 g/mol. The molecule has 3 heterocycles. The molecule has 3 aromatic carbocycles. The summed E-state index contributed by atoms with van der Waals surface area (Å²) in [6.45, 7) is 9.85. The van der Waals surface area contributed by atoms with Crippen molar-refractivity contribution >= 4 is 17.3 Å². The van der Waals surface area contributed by atoms with Gasteiger partial charge >= 0.3 is 5.97 Å². The van der Waals surface area contributed by atoms with Crippen LogP contribution in [0.4, 0.5) is 11.4 Å². The molecule has 6 nitrogen and oxygen atoms in total. The summed E-state index contributed by atoms with van der Waals surface area (Å²) >= 11 is 0. The summed E-state index contributed by atoms with van der Waals surface area (Å²) in [5.74, 6) is -0.240.